The minimum atomic E-state index is -1.05. The second-order valence-electron chi connectivity index (χ2n) is 6.32. The fourth-order valence-electron chi connectivity index (χ4n) is 2.82. The molecule has 0 spiro atoms. The second-order valence-corrected chi connectivity index (χ2v) is 6.32. The largest absolute Gasteiger partial charge is 0.493 e. The Labute approximate surface area is 178 Å². The molecule has 0 saturated carbocycles. The number of rotatable bonds is 10. The Morgan fingerprint density at radius 2 is 1.90 bits per heavy atom. The summed E-state index contributed by atoms with van der Waals surface area (Å²) in [5, 5.41) is 11.4. The molecule has 0 bridgehead atoms. The molecule has 2 aromatic rings. The predicted molar refractivity (Wildman–Crippen MR) is 109 cm³/mol. The molecule has 2 aromatic carbocycles. The number of hydrogen-bond donors (Lipinski definition) is 0. The van der Waals surface area contributed by atoms with Gasteiger partial charge in [0.05, 0.1) is 24.7 Å². The Hall–Kier alpha value is -3.69. The number of nitrogens with zero attached hydrogens (tertiary/aromatic N) is 2. The molecule has 10 heteroatoms. The van der Waals surface area contributed by atoms with Gasteiger partial charge in [0.15, 0.2) is 18.1 Å². The van der Waals surface area contributed by atoms with Gasteiger partial charge in [0.1, 0.15) is 11.4 Å². The topological polar surface area (TPSA) is 108 Å². The van der Waals surface area contributed by atoms with Crippen LogP contribution in [0.4, 0.5) is 10.1 Å². The molecule has 1 amide bonds. The van der Waals surface area contributed by atoms with E-state index in [1.54, 1.807) is 19.9 Å². The standard InChI is InChI=1S/C21H23FN2O7/c1-4-23(12-14-7-6-8-15(22)9-14)20(25)13-31-21(26)16-10-19(30-5-2)18(29-3)11-17(16)24(27)28/h6-11H,4-5,12-13H2,1-3H3. The zero-order valence-corrected chi connectivity index (χ0v) is 17.4. The van der Waals surface area contributed by atoms with E-state index in [0.717, 1.165) is 12.1 Å². The van der Waals surface area contributed by atoms with Crippen LogP contribution in [0.2, 0.25) is 0 Å². The first-order valence-corrected chi connectivity index (χ1v) is 9.49. The quantitative estimate of drug-likeness (QED) is 0.321. The first-order chi connectivity index (χ1) is 14.8. The summed E-state index contributed by atoms with van der Waals surface area (Å²) in [6.45, 7) is 3.46. The number of likely N-dealkylation sites (N-methyl/N-ethyl adjacent to an activating group) is 1. The SMILES string of the molecule is CCOc1cc(C(=O)OCC(=O)N(CC)Cc2cccc(F)c2)c([N+](=O)[O-])cc1OC. The Morgan fingerprint density at radius 3 is 2.48 bits per heavy atom. The number of benzene rings is 2. The Balaban J connectivity index is 2.15. The van der Waals surface area contributed by atoms with E-state index in [1.807, 2.05) is 0 Å². The lowest BCUT2D eigenvalue weighted by Gasteiger charge is -2.21. The van der Waals surface area contributed by atoms with Crippen LogP contribution in [-0.4, -0.2) is 48.6 Å². The molecular formula is C21H23FN2O7. The van der Waals surface area contributed by atoms with Gasteiger partial charge in [0.2, 0.25) is 0 Å². The molecule has 0 unspecified atom stereocenters. The number of nitro groups is 1. The maximum absolute atomic E-state index is 13.4. The summed E-state index contributed by atoms with van der Waals surface area (Å²) in [5.41, 5.74) is -0.325. The Bertz CT molecular complexity index is 965. The highest BCUT2D eigenvalue weighted by atomic mass is 19.1. The van der Waals surface area contributed by atoms with Crippen molar-refractivity contribution in [2.75, 3.05) is 26.9 Å². The highest BCUT2D eigenvalue weighted by Gasteiger charge is 2.27. The van der Waals surface area contributed by atoms with Gasteiger partial charge in [-0.3, -0.25) is 14.9 Å². The van der Waals surface area contributed by atoms with Gasteiger partial charge in [-0.1, -0.05) is 12.1 Å². The van der Waals surface area contributed by atoms with Crippen molar-refractivity contribution in [1.29, 1.82) is 0 Å². The number of carbonyl (C=O) groups is 2. The van der Waals surface area contributed by atoms with Gasteiger partial charge < -0.3 is 19.1 Å². The molecule has 0 N–H and O–H groups in total. The number of ether oxygens (including phenoxy) is 3. The first kappa shape index (κ1) is 23.6. The van der Waals surface area contributed by atoms with Gasteiger partial charge in [-0.15, -0.1) is 0 Å². The molecular weight excluding hydrogens is 411 g/mol. The number of esters is 1. The van der Waals surface area contributed by atoms with E-state index in [1.165, 1.54) is 30.2 Å². The van der Waals surface area contributed by atoms with Crippen molar-refractivity contribution in [3.05, 3.63) is 63.5 Å². The first-order valence-electron chi connectivity index (χ1n) is 9.49. The van der Waals surface area contributed by atoms with Gasteiger partial charge in [-0.2, -0.15) is 0 Å². The van der Waals surface area contributed by atoms with Gasteiger partial charge in [-0.05, 0) is 31.5 Å². The molecule has 0 aliphatic carbocycles. The smallest absolute Gasteiger partial charge is 0.345 e. The minimum Gasteiger partial charge on any atom is -0.493 e. The molecule has 0 saturated heterocycles. The number of amides is 1. The Morgan fingerprint density at radius 1 is 1.16 bits per heavy atom. The number of nitro benzene ring substituents is 1. The number of hydrogen-bond acceptors (Lipinski definition) is 7. The van der Waals surface area contributed by atoms with Crippen LogP contribution in [0.1, 0.15) is 29.8 Å². The Kier molecular flexibility index (Phi) is 8.30. The molecule has 166 valence electrons. The van der Waals surface area contributed by atoms with E-state index in [0.29, 0.717) is 12.1 Å². The summed E-state index contributed by atoms with van der Waals surface area (Å²) in [4.78, 5) is 37.0. The highest BCUT2D eigenvalue weighted by Crippen LogP contribution is 2.35. The van der Waals surface area contributed by atoms with Crippen molar-refractivity contribution >= 4 is 17.6 Å². The van der Waals surface area contributed by atoms with Crippen LogP contribution in [-0.2, 0) is 16.1 Å². The fraction of sp³-hybridized carbons (Fsp3) is 0.333. The second kappa shape index (κ2) is 10.9. The van der Waals surface area contributed by atoms with Gasteiger partial charge in [-0.25, -0.2) is 9.18 Å². The van der Waals surface area contributed by atoms with Gasteiger partial charge in [0.25, 0.3) is 11.6 Å². The zero-order valence-electron chi connectivity index (χ0n) is 17.4. The average Bonchev–Trinajstić information content (AvgIpc) is 2.75. The molecule has 0 atom stereocenters. The van der Waals surface area contributed by atoms with Crippen LogP contribution < -0.4 is 9.47 Å². The molecule has 0 fully saturated rings. The fourth-order valence-corrected chi connectivity index (χ4v) is 2.82. The van der Waals surface area contributed by atoms with Crippen LogP contribution in [0.25, 0.3) is 0 Å². The normalized spacial score (nSPS) is 10.3. The van der Waals surface area contributed by atoms with Crippen molar-refractivity contribution in [2.45, 2.75) is 20.4 Å². The lowest BCUT2D eigenvalue weighted by molar-refractivity contribution is -0.385. The molecule has 0 radical (unpaired) electrons. The van der Waals surface area contributed by atoms with E-state index in [-0.39, 0.29) is 30.2 Å². The van der Waals surface area contributed by atoms with Crippen LogP contribution >= 0.6 is 0 Å². The van der Waals surface area contributed by atoms with Gasteiger partial charge >= 0.3 is 5.97 Å². The molecule has 0 heterocycles. The van der Waals surface area contributed by atoms with Crippen LogP contribution in [0, 0.1) is 15.9 Å². The third-order valence-electron chi connectivity index (χ3n) is 4.32. The summed E-state index contributed by atoms with van der Waals surface area (Å²) in [6, 6.07) is 8.01. The summed E-state index contributed by atoms with van der Waals surface area (Å²) >= 11 is 0. The van der Waals surface area contributed by atoms with Crippen molar-refractivity contribution < 1.29 is 33.1 Å². The molecule has 9 nitrogen and oxygen atoms in total. The summed E-state index contributed by atoms with van der Waals surface area (Å²) in [6.07, 6.45) is 0. The maximum atomic E-state index is 13.4. The minimum absolute atomic E-state index is 0.0911. The average molecular weight is 434 g/mol. The molecule has 0 aliphatic heterocycles. The van der Waals surface area contributed by atoms with Crippen molar-refractivity contribution in [3.8, 4) is 11.5 Å². The van der Waals surface area contributed by atoms with Crippen LogP contribution in [0.5, 0.6) is 11.5 Å². The third-order valence-corrected chi connectivity index (χ3v) is 4.32. The summed E-state index contributed by atoms with van der Waals surface area (Å²) < 4.78 is 28.8. The number of methoxy groups -OCH3 is 1. The van der Waals surface area contributed by atoms with E-state index in [2.05, 4.69) is 0 Å². The summed E-state index contributed by atoms with van der Waals surface area (Å²) in [5.74, 6) is -1.78. The van der Waals surface area contributed by atoms with Crippen LogP contribution in [0.15, 0.2) is 36.4 Å². The van der Waals surface area contributed by atoms with E-state index >= 15 is 0 Å². The number of halogens is 1. The van der Waals surface area contributed by atoms with Gasteiger partial charge in [0, 0.05) is 19.2 Å². The highest BCUT2D eigenvalue weighted by molar-refractivity contribution is 5.96. The van der Waals surface area contributed by atoms with E-state index in [9.17, 15) is 24.1 Å². The van der Waals surface area contributed by atoms with E-state index in [4.69, 9.17) is 14.2 Å². The van der Waals surface area contributed by atoms with Crippen molar-refractivity contribution in [3.63, 3.8) is 0 Å². The van der Waals surface area contributed by atoms with Crippen LogP contribution in [0.3, 0.4) is 0 Å². The zero-order chi connectivity index (χ0) is 23.0. The lowest BCUT2D eigenvalue weighted by Crippen LogP contribution is -2.34. The van der Waals surface area contributed by atoms with E-state index < -0.39 is 34.9 Å². The van der Waals surface area contributed by atoms with Crippen molar-refractivity contribution in [2.24, 2.45) is 0 Å². The molecule has 0 aliphatic rings. The van der Waals surface area contributed by atoms with Crippen molar-refractivity contribution in [1.82, 2.24) is 4.90 Å². The monoisotopic (exact) mass is 434 g/mol. The lowest BCUT2D eigenvalue weighted by atomic mass is 10.1. The molecule has 2 rings (SSSR count). The molecule has 0 aromatic heterocycles. The maximum Gasteiger partial charge on any atom is 0.345 e. The predicted octanol–water partition coefficient (Wildman–Crippen LogP) is 3.35. The third kappa shape index (κ3) is 6.14. The molecule has 31 heavy (non-hydrogen) atoms. The summed E-state index contributed by atoms with van der Waals surface area (Å²) in [7, 11) is 1.32. The number of carbonyl (C=O) groups excluding carboxylic acids is 2.